The Bertz CT molecular complexity index is 1550. The Morgan fingerprint density at radius 2 is 1.81 bits per heavy atom. The van der Waals surface area contributed by atoms with Crippen LogP contribution in [0.15, 0.2) is 67.3 Å². The molecule has 5 aromatic heterocycles. The molecular formula is C24H19N7. The Labute approximate surface area is 177 Å². The smallest absolute Gasteiger partial charge is 0.116 e. The second-order valence-electron chi connectivity index (χ2n) is 7.71. The summed E-state index contributed by atoms with van der Waals surface area (Å²) >= 11 is 0. The third kappa shape index (κ3) is 2.82. The number of aryl methyl sites for hydroxylation is 2. The van der Waals surface area contributed by atoms with Gasteiger partial charge in [-0.05, 0) is 54.4 Å². The van der Waals surface area contributed by atoms with E-state index in [2.05, 4.69) is 55.4 Å². The van der Waals surface area contributed by atoms with Gasteiger partial charge in [-0.1, -0.05) is 6.07 Å². The molecule has 0 spiro atoms. The van der Waals surface area contributed by atoms with Crippen molar-refractivity contribution in [1.82, 2.24) is 34.9 Å². The molecule has 31 heavy (non-hydrogen) atoms. The van der Waals surface area contributed by atoms with Crippen molar-refractivity contribution in [3.8, 4) is 33.9 Å². The van der Waals surface area contributed by atoms with Crippen molar-refractivity contribution < 1.29 is 0 Å². The molecule has 0 amide bonds. The first-order valence-electron chi connectivity index (χ1n) is 10.0. The topological polar surface area (TPSA) is 88.1 Å². The van der Waals surface area contributed by atoms with E-state index in [-0.39, 0.29) is 0 Å². The van der Waals surface area contributed by atoms with Crippen molar-refractivity contribution in [1.29, 1.82) is 0 Å². The Morgan fingerprint density at radius 1 is 0.903 bits per heavy atom. The predicted octanol–water partition coefficient (Wildman–Crippen LogP) is 4.88. The predicted molar refractivity (Wildman–Crippen MR) is 121 cm³/mol. The molecule has 6 aromatic rings. The minimum atomic E-state index is 0.847. The number of aromatic nitrogens is 7. The molecule has 0 aliphatic rings. The molecule has 0 radical (unpaired) electrons. The monoisotopic (exact) mass is 405 g/mol. The molecule has 0 fully saturated rings. The van der Waals surface area contributed by atoms with Crippen molar-refractivity contribution >= 4 is 21.8 Å². The van der Waals surface area contributed by atoms with Gasteiger partial charge in [0, 0.05) is 47.5 Å². The number of H-pyrrole nitrogens is 2. The number of pyridine rings is 2. The Morgan fingerprint density at radius 3 is 2.61 bits per heavy atom. The van der Waals surface area contributed by atoms with Gasteiger partial charge in [0.05, 0.1) is 28.8 Å². The fraction of sp³-hybridized carbons (Fsp3) is 0.0833. The molecule has 150 valence electrons. The number of hydrogen-bond donors (Lipinski definition) is 2. The van der Waals surface area contributed by atoms with Gasteiger partial charge in [0.25, 0.3) is 0 Å². The lowest BCUT2D eigenvalue weighted by molar-refractivity contribution is 0.768. The van der Waals surface area contributed by atoms with E-state index in [0.717, 1.165) is 55.7 Å². The first-order valence-corrected chi connectivity index (χ1v) is 10.0. The summed E-state index contributed by atoms with van der Waals surface area (Å²) in [5.41, 5.74) is 8.93. The quantitative estimate of drug-likeness (QED) is 0.439. The zero-order valence-corrected chi connectivity index (χ0v) is 17.1. The number of nitrogens with one attached hydrogen (secondary N) is 2. The SMILES string of the molecule is Cc1cc2[nH]nc(-c3cc4c(-c5ccccn5)nccc4[nH]3)c2cc1-c1cnn(C)c1. The van der Waals surface area contributed by atoms with E-state index >= 15 is 0 Å². The Hall–Kier alpha value is -4.26. The summed E-state index contributed by atoms with van der Waals surface area (Å²) in [5, 5.41) is 14.2. The van der Waals surface area contributed by atoms with Gasteiger partial charge in [-0.25, -0.2) is 0 Å². The van der Waals surface area contributed by atoms with E-state index in [1.54, 1.807) is 12.4 Å². The summed E-state index contributed by atoms with van der Waals surface area (Å²) in [6.45, 7) is 2.11. The van der Waals surface area contributed by atoms with Gasteiger partial charge < -0.3 is 4.98 Å². The molecule has 0 aliphatic heterocycles. The molecule has 0 saturated carbocycles. The van der Waals surface area contributed by atoms with Crippen LogP contribution < -0.4 is 0 Å². The lowest BCUT2D eigenvalue weighted by Crippen LogP contribution is -1.86. The van der Waals surface area contributed by atoms with Crippen LogP contribution in [0.5, 0.6) is 0 Å². The standard InChI is InChI=1S/C24H19N7/c1-14-9-21-17(10-16(14)15-12-27-31(2)13-15)24(30-29-21)22-11-18-19(28-22)6-8-26-23(18)20-5-3-4-7-25-20/h3-13,28H,1-2H3,(H,29,30). The van der Waals surface area contributed by atoms with Crippen LogP contribution >= 0.6 is 0 Å². The lowest BCUT2D eigenvalue weighted by Gasteiger charge is -2.04. The van der Waals surface area contributed by atoms with Crippen LogP contribution in [0.1, 0.15) is 5.56 Å². The number of rotatable bonds is 3. The number of aromatic amines is 2. The molecular weight excluding hydrogens is 386 g/mol. The van der Waals surface area contributed by atoms with E-state index in [9.17, 15) is 0 Å². The molecule has 2 N–H and O–H groups in total. The molecule has 0 aliphatic carbocycles. The number of fused-ring (bicyclic) bond motifs is 2. The Balaban J connectivity index is 1.54. The maximum absolute atomic E-state index is 4.63. The van der Waals surface area contributed by atoms with Crippen LogP contribution in [0.4, 0.5) is 0 Å². The average molecular weight is 405 g/mol. The second-order valence-corrected chi connectivity index (χ2v) is 7.71. The number of benzene rings is 1. The second kappa shape index (κ2) is 6.63. The van der Waals surface area contributed by atoms with Gasteiger partial charge in [0.1, 0.15) is 5.69 Å². The molecule has 7 nitrogen and oxygen atoms in total. The van der Waals surface area contributed by atoms with Gasteiger partial charge in [0.2, 0.25) is 0 Å². The van der Waals surface area contributed by atoms with Gasteiger partial charge in [-0.15, -0.1) is 0 Å². The van der Waals surface area contributed by atoms with Crippen molar-refractivity contribution in [2.45, 2.75) is 6.92 Å². The number of nitrogens with zero attached hydrogens (tertiary/aromatic N) is 5. The molecule has 0 atom stereocenters. The molecule has 1 aromatic carbocycles. The van der Waals surface area contributed by atoms with Crippen LogP contribution in [-0.2, 0) is 7.05 Å². The van der Waals surface area contributed by atoms with Gasteiger partial charge in [-0.3, -0.25) is 19.7 Å². The Kier molecular flexibility index (Phi) is 3.76. The van der Waals surface area contributed by atoms with E-state index in [1.165, 1.54) is 5.56 Å². The van der Waals surface area contributed by atoms with E-state index < -0.39 is 0 Å². The van der Waals surface area contributed by atoms with Gasteiger partial charge in [-0.2, -0.15) is 10.2 Å². The maximum atomic E-state index is 4.63. The summed E-state index contributed by atoms with van der Waals surface area (Å²) in [6.07, 6.45) is 7.51. The van der Waals surface area contributed by atoms with Gasteiger partial charge in [0.15, 0.2) is 0 Å². The summed E-state index contributed by atoms with van der Waals surface area (Å²) < 4.78 is 1.82. The van der Waals surface area contributed by atoms with E-state index in [4.69, 9.17) is 0 Å². The lowest BCUT2D eigenvalue weighted by atomic mass is 10.00. The van der Waals surface area contributed by atoms with Crippen molar-refractivity contribution in [2.24, 2.45) is 7.05 Å². The average Bonchev–Trinajstić information content (AvgIpc) is 3.50. The summed E-state index contributed by atoms with van der Waals surface area (Å²) in [7, 11) is 1.93. The zero-order valence-electron chi connectivity index (χ0n) is 17.1. The molecule has 0 saturated heterocycles. The minimum absolute atomic E-state index is 0.847. The molecule has 0 bridgehead atoms. The summed E-state index contributed by atoms with van der Waals surface area (Å²) in [6, 6.07) is 14.3. The normalized spacial score (nSPS) is 11.5. The molecule has 7 heteroatoms. The molecule has 0 unspecified atom stereocenters. The third-order valence-corrected chi connectivity index (χ3v) is 5.63. The van der Waals surface area contributed by atoms with Crippen LogP contribution in [-0.4, -0.2) is 34.9 Å². The fourth-order valence-corrected chi connectivity index (χ4v) is 4.14. The van der Waals surface area contributed by atoms with Crippen molar-refractivity contribution in [3.63, 3.8) is 0 Å². The van der Waals surface area contributed by atoms with E-state index in [1.807, 2.05) is 48.4 Å². The summed E-state index contributed by atoms with van der Waals surface area (Å²) in [5.74, 6) is 0. The van der Waals surface area contributed by atoms with Gasteiger partial charge >= 0.3 is 0 Å². The van der Waals surface area contributed by atoms with Crippen LogP contribution in [0, 0.1) is 6.92 Å². The molecule has 5 heterocycles. The first-order chi connectivity index (χ1) is 15.2. The minimum Gasteiger partial charge on any atom is -0.353 e. The van der Waals surface area contributed by atoms with Crippen LogP contribution in [0.2, 0.25) is 0 Å². The number of hydrogen-bond acceptors (Lipinski definition) is 4. The highest BCUT2D eigenvalue weighted by atomic mass is 15.2. The zero-order chi connectivity index (χ0) is 20.9. The first kappa shape index (κ1) is 17.6. The van der Waals surface area contributed by atoms with Crippen molar-refractivity contribution in [3.05, 3.63) is 72.8 Å². The van der Waals surface area contributed by atoms with E-state index in [0.29, 0.717) is 0 Å². The fourth-order valence-electron chi connectivity index (χ4n) is 4.14. The highest BCUT2D eigenvalue weighted by Crippen LogP contribution is 2.35. The van der Waals surface area contributed by atoms with Crippen molar-refractivity contribution in [2.75, 3.05) is 0 Å². The van der Waals surface area contributed by atoms with Crippen LogP contribution in [0.3, 0.4) is 0 Å². The summed E-state index contributed by atoms with van der Waals surface area (Å²) in [4.78, 5) is 12.6. The highest BCUT2D eigenvalue weighted by Gasteiger charge is 2.16. The largest absolute Gasteiger partial charge is 0.353 e. The highest BCUT2D eigenvalue weighted by molar-refractivity contribution is 6.00. The molecule has 6 rings (SSSR count). The van der Waals surface area contributed by atoms with Crippen LogP contribution in [0.25, 0.3) is 55.7 Å². The maximum Gasteiger partial charge on any atom is 0.116 e. The third-order valence-electron chi connectivity index (χ3n) is 5.63.